The van der Waals surface area contributed by atoms with E-state index in [1.165, 1.54) is 30.1 Å². The zero-order valence-electron chi connectivity index (χ0n) is 9.89. The van der Waals surface area contributed by atoms with Gasteiger partial charge in [-0.1, -0.05) is 21.1 Å². The molecule has 1 atom stereocenters. The number of rotatable bonds is 3. The van der Waals surface area contributed by atoms with Gasteiger partial charge < -0.3 is 15.8 Å². The molecule has 1 aromatic rings. The number of likely N-dealkylation sites (N-methyl/N-ethyl adjacent to an activating group) is 1. The average Bonchev–Trinajstić information content (AvgIpc) is 2.38. The number of carbonyl (C=O) groups is 1. The molecule has 18 heavy (non-hydrogen) atoms. The van der Waals surface area contributed by atoms with Crippen LogP contribution in [0.5, 0.6) is 0 Å². The van der Waals surface area contributed by atoms with Gasteiger partial charge in [-0.25, -0.2) is 4.39 Å². The van der Waals surface area contributed by atoms with Gasteiger partial charge in [0.15, 0.2) is 5.84 Å². The number of halogens is 2. The van der Waals surface area contributed by atoms with E-state index in [1.807, 2.05) is 0 Å². The van der Waals surface area contributed by atoms with Crippen LogP contribution >= 0.6 is 15.9 Å². The van der Waals surface area contributed by atoms with Crippen LogP contribution < -0.4 is 5.73 Å². The third-order valence-electron chi connectivity index (χ3n) is 2.60. The van der Waals surface area contributed by atoms with Crippen LogP contribution in [-0.2, 0) is 0 Å². The molecule has 98 valence electrons. The molecule has 7 heteroatoms. The van der Waals surface area contributed by atoms with Gasteiger partial charge in [-0.3, -0.25) is 4.79 Å². The van der Waals surface area contributed by atoms with Crippen LogP contribution in [-0.4, -0.2) is 34.9 Å². The number of hydrogen-bond donors (Lipinski definition) is 2. The Morgan fingerprint density at radius 3 is 2.78 bits per heavy atom. The van der Waals surface area contributed by atoms with E-state index in [-0.39, 0.29) is 11.4 Å². The molecule has 0 heterocycles. The summed E-state index contributed by atoms with van der Waals surface area (Å²) in [7, 11) is 1.45. The van der Waals surface area contributed by atoms with Crippen LogP contribution in [0.4, 0.5) is 4.39 Å². The van der Waals surface area contributed by atoms with Gasteiger partial charge in [0, 0.05) is 11.5 Å². The molecular formula is C11H13BrFN3O2. The van der Waals surface area contributed by atoms with E-state index >= 15 is 0 Å². The standard InChI is InChI=1S/C11H13BrFN3O2/c1-6(10(14)15-18)16(2)11(17)8-5-7(12)3-4-9(8)13/h3-6,18H,1-2H3,(H2,14,15). The van der Waals surface area contributed by atoms with Gasteiger partial charge in [0.25, 0.3) is 5.91 Å². The number of hydrogen-bond acceptors (Lipinski definition) is 3. The quantitative estimate of drug-likeness (QED) is 0.386. The Morgan fingerprint density at radius 1 is 1.61 bits per heavy atom. The maximum atomic E-state index is 13.5. The van der Waals surface area contributed by atoms with Crippen molar-refractivity contribution >= 4 is 27.7 Å². The van der Waals surface area contributed by atoms with Gasteiger partial charge in [-0.15, -0.1) is 0 Å². The Kier molecular flexibility index (Phi) is 4.66. The summed E-state index contributed by atoms with van der Waals surface area (Å²) in [4.78, 5) is 13.2. The largest absolute Gasteiger partial charge is 0.409 e. The fraction of sp³-hybridized carbons (Fsp3) is 0.273. The molecule has 0 saturated heterocycles. The number of nitrogens with zero attached hydrogens (tertiary/aromatic N) is 2. The highest BCUT2D eigenvalue weighted by Gasteiger charge is 2.23. The minimum absolute atomic E-state index is 0.0792. The molecule has 1 unspecified atom stereocenters. The predicted octanol–water partition coefficient (Wildman–Crippen LogP) is 1.80. The smallest absolute Gasteiger partial charge is 0.257 e. The molecule has 0 saturated carbocycles. The van der Waals surface area contributed by atoms with E-state index in [0.717, 1.165) is 0 Å². The second-order valence-corrected chi connectivity index (χ2v) is 4.66. The summed E-state index contributed by atoms with van der Waals surface area (Å²) < 4.78 is 14.1. The summed E-state index contributed by atoms with van der Waals surface area (Å²) in [5.41, 5.74) is 5.33. The van der Waals surface area contributed by atoms with Gasteiger partial charge in [0.2, 0.25) is 0 Å². The van der Waals surface area contributed by atoms with Crippen molar-refractivity contribution in [1.82, 2.24) is 4.90 Å². The average molecular weight is 318 g/mol. The summed E-state index contributed by atoms with van der Waals surface area (Å²) in [5.74, 6) is -1.30. The first-order valence-corrected chi connectivity index (χ1v) is 5.87. The number of oxime groups is 1. The molecular weight excluding hydrogens is 305 g/mol. The third kappa shape index (κ3) is 2.98. The van der Waals surface area contributed by atoms with Crippen molar-refractivity contribution in [2.45, 2.75) is 13.0 Å². The van der Waals surface area contributed by atoms with E-state index in [9.17, 15) is 9.18 Å². The van der Waals surface area contributed by atoms with Crippen molar-refractivity contribution in [1.29, 1.82) is 0 Å². The number of carbonyl (C=O) groups excluding carboxylic acids is 1. The SMILES string of the molecule is CC(C(N)=NO)N(C)C(=O)c1cc(Br)ccc1F. The molecule has 0 spiro atoms. The summed E-state index contributed by atoms with van der Waals surface area (Å²) in [6.07, 6.45) is 0. The van der Waals surface area contributed by atoms with Crippen molar-refractivity contribution in [3.63, 3.8) is 0 Å². The van der Waals surface area contributed by atoms with Crippen molar-refractivity contribution in [3.8, 4) is 0 Å². The van der Waals surface area contributed by atoms with Crippen molar-refractivity contribution in [3.05, 3.63) is 34.1 Å². The van der Waals surface area contributed by atoms with E-state index in [2.05, 4.69) is 21.1 Å². The Labute approximate surface area is 112 Å². The zero-order chi connectivity index (χ0) is 13.9. The minimum Gasteiger partial charge on any atom is -0.409 e. The van der Waals surface area contributed by atoms with Crippen molar-refractivity contribution < 1.29 is 14.4 Å². The van der Waals surface area contributed by atoms with Gasteiger partial charge in [-0.2, -0.15) is 0 Å². The maximum absolute atomic E-state index is 13.5. The molecule has 0 aliphatic heterocycles. The molecule has 0 aromatic heterocycles. The van der Waals surface area contributed by atoms with E-state index < -0.39 is 17.8 Å². The summed E-state index contributed by atoms with van der Waals surface area (Å²) in [6.45, 7) is 1.57. The molecule has 0 fully saturated rings. The lowest BCUT2D eigenvalue weighted by atomic mass is 10.1. The van der Waals surface area contributed by atoms with Crippen LogP contribution in [0, 0.1) is 5.82 Å². The number of benzene rings is 1. The van der Waals surface area contributed by atoms with Crippen LogP contribution in [0.15, 0.2) is 27.8 Å². The van der Waals surface area contributed by atoms with Crippen LogP contribution in [0.2, 0.25) is 0 Å². The Morgan fingerprint density at radius 2 is 2.22 bits per heavy atom. The lowest BCUT2D eigenvalue weighted by Gasteiger charge is -2.24. The summed E-state index contributed by atoms with van der Waals surface area (Å²) in [5, 5.41) is 11.4. The lowest BCUT2D eigenvalue weighted by Crippen LogP contribution is -2.44. The maximum Gasteiger partial charge on any atom is 0.257 e. The highest BCUT2D eigenvalue weighted by molar-refractivity contribution is 9.10. The fourth-order valence-corrected chi connectivity index (χ4v) is 1.67. The molecule has 1 rings (SSSR count). The van der Waals surface area contributed by atoms with E-state index in [1.54, 1.807) is 6.92 Å². The molecule has 0 aliphatic carbocycles. The van der Waals surface area contributed by atoms with E-state index in [0.29, 0.717) is 4.47 Å². The van der Waals surface area contributed by atoms with Crippen molar-refractivity contribution in [2.24, 2.45) is 10.9 Å². The third-order valence-corrected chi connectivity index (χ3v) is 3.10. The van der Waals surface area contributed by atoms with Crippen molar-refractivity contribution in [2.75, 3.05) is 7.05 Å². The highest BCUT2D eigenvalue weighted by atomic mass is 79.9. The van der Waals surface area contributed by atoms with Gasteiger partial charge in [0.1, 0.15) is 5.82 Å². The normalized spacial score (nSPS) is 13.2. The first-order chi connectivity index (χ1) is 8.38. The first kappa shape index (κ1) is 14.4. The molecule has 0 radical (unpaired) electrons. The molecule has 1 amide bonds. The molecule has 0 bridgehead atoms. The van der Waals surface area contributed by atoms with Gasteiger partial charge >= 0.3 is 0 Å². The van der Waals surface area contributed by atoms with Crippen LogP contribution in [0.1, 0.15) is 17.3 Å². The molecule has 3 N–H and O–H groups in total. The van der Waals surface area contributed by atoms with E-state index in [4.69, 9.17) is 10.9 Å². The second kappa shape index (κ2) is 5.81. The number of nitrogens with two attached hydrogens (primary N) is 1. The number of amides is 1. The highest BCUT2D eigenvalue weighted by Crippen LogP contribution is 2.17. The Bertz CT molecular complexity index is 493. The first-order valence-electron chi connectivity index (χ1n) is 5.08. The Hall–Kier alpha value is -1.63. The number of amidine groups is 1. The fourth-order valence-electron chi connectivity index (χ4n) is 1.31. The zero-order valence-corrected chi connectivity index (χ0v) is 11.5. The topological polar surface area (TPSA) is 78.9 Å². The second-order valence-electron chi connectivity index (χ2n) is 3.74. The summed E-state index contributed by atoms with van der Waals surface area (Å²) in [6, 6.07) is 3.44. The predicted molar refractivity (Wildman–Crippen MR) is 69.1 cm³/mol. The molecule has 5 nitrogen and oxygen atoms in total. The van der Waals surface area contributed by atoms with Crippen LogP contribution in [0.25, 0.3) is 0 Å². The summed E-state index contributed by atoms with van der Waals surface area (Å²) >= 11 is 3.17. The lowest BCUT2D eigenvalue weighted by molar-refractivity contribution is 0.0771. The monoisotopic (exact) mass is 317 g/mol. The van der Waals surface area contributed by atoms with Gasteiger partial charge in [-0.05, 0) is 25.1 Å². The Balaban J connectivity index is 3.03. The molecule has 1 aromatic carbocycles. The van der Waals surface area contributed by atoms with Crippen LogP contribution in [0.3, 0.4) is 0 Å². The van der Waals surface area contributed by atoms with Gasteiger partial charge in [0.05, 0.1) is 11.6 Å². The molecule has 0 aliphatic rings. The minimum atomic E-state index is -0.638.